The molecule has 0 spiro atoms. The fourth-order valence-electron chi connectivity index (χ4n) is 7.44. The number of aliphatic hydroxyl groups is 2. The van der Waals surface area contributed by atoms with Crippen molar-refractivity contribution in [3.63, 3.8) is 0 Å². The minimum atomic E-state index is -1.14. The molecular formula is C48H40N2O14. The van der Waals surface area contributed by atoms with Crippen molar-refractivity contribution in [1.82, 2.24) is 0 Å². The van der Waals surface area contributed by atoms with Gasteiger partial charge in [0.15, 0.2) is 0 Å². The van der Waals surface area contributed by atoms with Crippen molar-refractivity contribution in [1.29, 1.82) is 0 Å². The molecule has 8 rings (SSSR count). The van der Waals surface area contributed by atoms with Crippen LogP contribution >= 0.6 is 0 Å². The molecule has 0 fully saturated rings. The first kappa shape index (κ1) is 43.2. The minimum Gasteiger partial charge on any atom is -0.507 e. The third-order valence-corrected chi connectivity index (χ3v) is 10.7. The van der Waals surface area contributed by atoms with E-state index in [4.69, 9.17) is 18.9 Å². The van der Waals surface area contributed by atoms with E-state index < -0.39 is 47.8 Å². The number of nitrogens with zero attached hydrogens (tertiary/aromatic N) is 2. The summed E-state index contributed by atoms with van der Waals surface area (Å²) in [6.07, 6.45) is -1.19. The SMILES string of the molecule is O=C(OCC(O)COCCCCOCC(O)COC(=O)c1ccc2c(c1)C(=O)N(c1ccc3c(O)cccc3c1)C2=O)c1ccc2c(c1)C(=O)N(c1ccc3c(O)cccc3c1)C2=O. The highest BCUT2D eigenvalue weighted by Gasteiger charge is 2.39. The van der Waals surface area contributed by atoms with E-state index in [1.807, 2.05) is 0 Å². The summed E-state index contributed by atoms with van der Waals surface area (Å²) in [6.45, 7) is -0.512. The molecule has 16 nitrogen and oxygen atoms in total. The molecule has 16 heteroatoms. The molecule has 0 radical (unpaired) electrons. The zero-order valence-corrected chi connectivity index (χ0v) is 34.0. The van der Waals surface area contributed by atoms with Gasteiger partial charge in [-0.05, 0) is 109 Å². The van der Waals surface area contributed by atoms with Crippen LogP contribution in [0.1, 0.15) is 75.0 Å². The van der Waals surface area contributed by atoms with Gasteiger partial charge in [0.1, 0.15) is 36.9 Å². The molecule has 2 heterocycles. The number of phenolic OH excluding ortho intramolecular Hbond substituents is 2. The summed E-state index contributed by atoms with van der Waals surface area (Å²) < 4.78 is 21.4. The van der Waals surface area contributed by atoms with Gasteiger partial charge in [-0.1, -0.05) is 24.3 Å². The number of ether oxygens (including phenoxy) is 4. The molecule has 4 N–H and O–H groups in total. The van der Waals surface area contributed by atoms with E-state index in [-0.39, 0.29) is 84.5 Å². The number of aliphatic hydroxyl groups excluding tert-OH is 2. The summed E-state index contributed by atoms with van der Waals surface area (Å²) in [5, 5.41) is 43.2. The minimum absolute atomic E-state index is 0.0201. The first-order chi connectivity index (χ1) is 30.9. The molecule has 0 bridgehead atoms. The van der Waals surface area contributed by atoms with Crippen molar-refractivity contribution in [3.05, 3.63) is 143 Å². The Hall–Kier alpha value is -7.50. The van der Waals surface area contributed by atoms with Gasteiger partial charge in [-0.25, -0.2) is 19.4 Å². The van der Waals surface area contributed by atoms with Gasteiger partial charge in [-0.2, -0.15) is 0 Å². The summed E-state index contributed by atoms with van der Waals surface area (Å²) >= 11 is 0. The second-order valence-electron chi connectivity index (χ2n) is 15.1. The molecule has 4 amide bonds. The molecule has 0 aliphatic carbocycles. The maximum atomic E-state index is 13.3. The molecule has 326 valence electrons. The van der Waals surface area contributed by atoms with Gasteiger partial charge in [0.2, 0.25) is 0 Å². The fourth-order valence-corrected chi connectivity index (χ4v) is 7.44. The molecule has 6 aromatic rings. The number of carbonyl (C=O) groups is 6. The van der Waals surface area contributed by atoms with E-state index in [0.717, 1.165) is 9.80 Å². The number of amides is 4. The number of benzene rings is 6. The maximum Gasteiger partial charge on any atom is 0.338 e. The topological polar surface area (TPSA) is 227 Å². The van der Waals surface area contributed by atoms with Crippen LogP contribution in [0.2, 0.25) is 0 Å². The number of aromatic hydroxyl groups is 2. The molecule has 2 unspecified atom stereocenters. The van der Waals surface area contributed by atoms with Gasteiger partial charge in [0, 0.05) is 24.0 Å². The van der Waals surface area contributed by atoms with Crippen molar-refractivity contribution in [2.24, 2.45) is 0 Å². The summed E-state index contributed by atoms with van der Waals surface area (Å²) in [5.41, 5.74) is 0.968. The van der Waals surface area contributed by atoms with Crippen LogP contribution in [0.5, 0.6) is 11.5 Å². The Morgan fingerprint density at radius 1 is 0.484 bits per heavy atom. The Morgan fingerprint density at radius 2 is 0.891 bits per heavy atom. The predicted molar refractivity (Wildman–Crippen MR) is 230 cm³/mol. The van der Waals surface area contributed by atoms with E-state index in [1.54, 1.807) is 60.7 Å². The van der Waals surface area contributed by atoms with Crippen LogP contribution in [0.15, 0.2) is 109 Å². The average Bonchev–Trinajstić information content (AvgIpc) is 3.70. The number of unbranched alkanes of at least 4 members (excludes halogenated alkanes) is 1. The number of fused-ring (bicyclic) bond motifs is 4. The molecule has 64 heavy (non-hydrogen) atoms. The zero-order chi connectivity index (χ0) is 45.1. The first-order valence-electron chi connectivity index (χ1n) is 20.2. The Balaban J connectivity index is 0.703. The summed E-state index contributed by atoms with van der Waals surface area (Å²) in [6, 6.07) is 27.5. The second kappa shape index (κ2) is 18.5. The van der Waals surface area contributed by atoms with Crippen LogP contribution in [-0.4, -0.2) is 108 Å². The number of carbonyl (C=O) groups excluding carboxylic acids is 6. The highest BCUT2D eigenvalue weighted by Crippen LogP contribution is 2.35. The average molecular weight is 869 g/mol. The smallest absolute Gasteiger partial charge is 0.338 e. The number of imide groups is 2. The van der Waals surface area contributed by atoms with Crippen LogP contribution in [-0.2, 0) is 18.9 Å². The lowest BCUT2D eigenvalue weighted by molar-refractivity contribution is -0.0182. The lowest BCUT2D eigenvalue weighted by Crippen LogP contribution is -2.29. The number of hydrogen-bond acceptors (Lipinski definition) is 14. The van der Waals surface area contributed by atoms with Crippen molar-refractivity contribution >= 4 is 68.5 Å². The molecular weight excluding hydrogens is 829 g/mol. The van der Waals surface area contributed by atoms with Gasteiger partial charge in [0.25, 0.3) is 23.6 Å². The number of phenols is 2. The molecule has 2 atom stereocenters. The molecule has 0 saturated carbocycles. The van der Waals surface area contributed by atoms with Gasteiger partial charge in [0.05, 0.1) is 58.0 Å². The van der Waals surface area contributed by atoms with Gasteiger partial charge >= 0.3 is 11.9 Å². The van der Waals surface area contributed by atoms with Gasteiger partial charge in [-0.15, -0.1) is 0 Å². The van der Waals surface area contributed by atoms with Gasteiger partial charge < -0.3 is 39.4 Å². The highest BCUT2D eigenvalue weighted by molar-refractivity contribution is 6.36. The normalized spacial score (nSPS) is 14.3. The van der Waals surface area contributed by atoms with Gasteiger partial charge in [-0.3, -0.25) is 19.2 Å². The molecule has 2 aliphatic rings. The number of esters is 2. The highest BCUT2D eigenvalue weighted by atomic mass is 16.6. The fraction of sp³-hybridized carbons (Fsp3) is 0.208. The van der Waals surface area contributed by atoms with Crippen LogP contribution in [0, 0.1) is 0 Å². The van der Waals surface area contributed by atoms with E-state index in [9.17, 15) is 49.2 Å². The number of anilines is 2. The number of hydrogen-bond donors (Lipinski definition) is 4. The van der Waals surface area contributed by atoms with Crippen molar-refractivity contribution < 1.29 is 68.1 Å². The van der Waals surface area contributed by atoms with Crippen molar-refractivity contribution in [2.45, 2.75) is 25.0 Å². The molecule has 6 aromatic carbocycles. The first-order valence-corrected chi connectivity index (χ1v) is 20.2. The van der Waals surface area contributed by atoms with E-state index >= 15 is 0 Å². The Morgan fingerprint density at radius 3 is 1.31 bits per heavy atom. The Labute approximate surface area is 364 Å². The van der Waals surface area contributed by atoms with E-state index in [2.05, 4.69) is 0 Å². The third kappa shape index (κ3) is 8.75. The Bertz CT molecular complexity index is 2670. The summed E-state index contributed by atoms with van der Waals surface area (Å²) in [5.74, 6) is -3.82. The summed E-state index contributed by atoms with van der Waals surface area (Å²) in [4.78, 5) is 80.5. The second-order valence-corrected chi connectivity index (χ2v) is 15.1. The maximum absolute atomic E-state index is 13.3. The molecule has 0 saturated heterocycles. The predicted octanol–water partition coefficient (Wildman–Crippen LogP) is 5.55. The standard InChI is InChI=1S/C48H40N2O14/c51-33(25-63-47(59)29-9-13-37-39(21-29)45(57)49(43(37)55)31-11-15-35-27(19-31)5-3-7-41(35)53)23-61-17-1-2-18-62-24-34(52)26-64-48(60)30-10-14-38-40(22-30)46(58)50(44(38)56)32-12-16-36-28(20-32)6-4-8-42(36)54/h3-16,19-22,33-34,51-54H,1-2,17-18,23-26H2. The molecule has 2 aliphatic heterocycles. The van der Waals surface area contributed by atoms with Crippen LogP contribution in [0.25, 0.3) is 21.5 Å². The quantitative estimate of drug-likeness (QED) is 0.0501. The van der Waals surface area contributed by atoms with Crippen molar-refractivity contribution in [2.75, 3.05) is 49.4 Å². The zero-order valence-electron chi connectivity index (χ0n) is 34.0. The lowest BCUT2D eigenvalue weighted by Gasteiger charge is -2.15. The van der Waals surface area contributed by atoms with Crippen LogP contribution in [0.3, 0.4) is 0 Å². The lowest BCUT2D eigenvalue weighted by atomic mass is 10.1. The largest absolute Gasteiger partial charge is 0.507 e. The van der Waals surface area contributed by atoms with Crippen LogP contribution in [0.4, 0.5) is 11.4 Å². The van der Waals surface area contributed by atoms with E-state index in [0.29, 0.717) is 45.8 Å². The molecule has 0 aromatic heterocycles. The monoisotopic (exact) mass is 868 g/mol. The van der Waals surface area contributed by atoms with E-state index in [1.165, 1.54) is 48.5 Å². The number of rotatable bonds is 17. The van der Waals surface area contributed by atoms with Crippen molar-refractivity contribution in [3.8, 4) is 11.5 Å². The Kier molecular flexibility index (Phi) is 12.4. The third-order valence-electron chi connectivity index (χ3n) is 10.7. The summed E-state index contributed by atoms with van der Waals surface area (Å²) in [7, 11) is 0. The van der Waals surface area contributed by atoms with Crippen LogP contribution < -0.4 is 9.80 Å².